The lowest BCUT2D eigenvalue weighted by atomic mass is 10.1. The first-order valence-electron chi connectivity index (χ1n) is 6.01. The molecule has 0 amide bonds. The van der Waals surface area contributed by atoms with E-state index in [1.54, 1.807) is 7.05 Å². The number of aromatic nitrogens is 1. The van der Waals surface area contributed by atoms with E-state index in [0.717, 1.165) is 17.6 Å². The average molecular weight is 249 g/mol. The highest BCUT2D eigenvalue weighted by atomic mass is 16.4. The SMILES string of the molecule is CC(CN)N(C)Cc1ccc2oc(=O)n(C)c2c1. The Bertz CT molecular complexity index is 600. The van der Waals surface area contributed by atoms with Crippen molar-refractivity contribution >= 4 is 11.1 Å². The zero-order chi connectivity index (χ0) is 13.3. The Morgan fingerprint density at radius 2 is 2.22 bits per heavy atom. The van der Waals surface area contributed by atoms with Crippen molar-refractivity contribution < 1.29 is 4.42 Å². The van der Waals surface area contributed by atoms with E-state index in [2.05, 4.69) is 11.8 Å². The van der Waals surface area contributed by atoms with E-state index in [1.165, 1.54) is 4.57 Å². The quantitative estimate of drug-likeness (QED) is 0.874. The molecular formula is C13H19N3O2. The fraction of sp³-hybridized carbons (Fsp3) is 0.462. The van der Waals surface area contributed by atoms with Crippen LogP contribution in [0.2, 0.25) is 0 Å². The molecule has 0 radical (unpaired) electrons. The minimum absolute atomic E-state index is 0.328. The molecule has 1 aromatic heterocycles. The molecule has 0 saturated heterocycles. The number of hydrogen-bond donors (Lipinski definition) is 1. The Hall–Kier alpha value is -1.59. The van der Waals surface area contributed by atoms with Crippen molar-refractivity contribution in [2.75, 3.05) is 13.6 Å². The van der Waals surface area contributed by atoms with Crippen molar-refractivity contribution in [3.8, 4) is 0 Å². The van der Waals surface area contributed by atoms with Crippen molar-refractivity contribution in [3.05, 3.63) is 34.3 Å². The molecule has 5 nitrogen and oxygen atoms in total. The topological polar surface area (TPSA) is 64.4 Å². The van der Waals surface area contributed by atoms with Crippen LogP contribution in [0.4, 0.5) is 0 Å². The Balaban J connectivity index is 2.30. The Labute approximate surface area is 106 Å². The second-order valence-corrected chi connectivity index (χ2v) is 4.73. The molecule has 5 heteroatoms. The summed E-state index contributed by atoms with van der Waals surface area (Å²) in [5.74, 6) is -0.328. The number of rotatable bonds is 4. The number of nitrogens with two attached hydrogens (primary N) is 1. The van der Waals surface area contributed by atoms with Gasteiger partial charge in [-0.2, -0.15) is 0 Å². The van der Waals surface area contributed by atoms with Crippen LogP contribution in [-0.4, -0.2) is 29.1 Å². The molecule has 0 fully saturated rings. The largest absolute Gasteiger partial charge is 0.419 e. The van der Waals surface area contributed by atoms with E-state index in [-0.39, 0.29) is 5.76 Å². The maximum atomic E-state index is 11.4. The van der Waals surface area contributed by atoms with Crippen molar-refractivity contribution in [2.45, 2.75) is 19.5 Å². The fourth-order valence-electron chi connectivity index (χ4n) is 1.89. The predicted octanol–water partition coefficient (Wildman–Crippen LogP) is 0.910. The number of fused-ring (bicyclic) bond motifs is 1. The molecule has 1 unspecified atom stereocenters. The van der Waals surface area contributed by atoms with Gasteiger partial charge in [-0.25, -0.2) is 4.79 Å². The minimum Gasteiger partial charge on any atom is -0.408 e. The summed E-state index contributed by atoms with van der Waals surface area (Å²) in [7, 11) is 3.75. The van der Waals surface area contributed by atoms with E-state index in [1.807, 2.05) is 25.2 Å². The molecule has 0 saturated carbocycles. The first kappa shape index (κ1) is 12.9. The van der Waals surface area contributed by atoms with Crippen molar-refractivity contribution in [1.29, 1.82) is 0 Å². The summed E-state index contributed by atoms with van der Waals surface area (Å²) in [4.78, 5) is 13.6. The number of aryl methyl sites for hydroxylation is 1. The predicted molar refractivity (Wildman–Crippen MR) is 71.4 cm³/mol. The summed E-state index contributed by atoms with van der Waals surface area (Å²) in [6.07, 6.45) is 0. The van der Waals surface area contributed by atoms with E-state index in [9.17, 15) is 4.79 Å². The molecule has 1 heterocycles. The van der Waals surface area contributed by atoms with Crippen LogP contribution in [-0.2, 0) is 13.6 Å². The van der Waals surface area contributed by atoms with Crippen molar-refractivity contribution in [2.24, 2.45) is 12.8 Å². The molecule has 2 N–H and O–H groups in total. The van der Waals surface area contributed by atoms with E-state index in [4.69, 9.17) is 10.2 Å². The van der Waals surface area contributed by atoms with Gasteiger partial charge < -0.3 is 10.2 Å². The van der Waals surface area contributed by atoms with E-state index < -0.39 is 0 Å². The minimum atomic E-state index is -0.328. The average Bonchev–Trinajstić information content (AvgIpc) is 2.64. The lowest BCUT2D eigenvalue weighted by molar-refractivity contribution is 0.255. The Kier molecular flexibility index (Phi) is 3.54. The van der Waals surface area contributed by atoms with Crippen LogP contribution in [0.15, 0.2) is 27.4 Å². The third-order valence-corrected chi connectivity index (χ3v) is 3.38. The second-order valence-electron chi connectivity index (χ2n) is 4.73. The second kappa shape index (κ2) is 4.96. The molecule has 0 spiro atoms. The molecule has 0 bridgehead atoms. The van der Waals surface area contributed by atoms with Gasteiger partial charge in [-0.05, 0) is 31.7 Å². The third-order valence-electron chi connectivity index (χ3n) is 3.38. The van der Waals surface area contributed by atoms with Crippen LogP contribution in [0, 0.1) is 0 Å². The first-order valence-corrected chi connectivity index (χ1v) is 6.01. The van der Waals surface area contributed by atoms with Gasteiger partial charge in [0.1, 0.15) is 0 Å². The molecule has 2 rings (SSSR count). The third kappa shape index (κ3) is 2.32. The number of hydrogen-bond acceptors (Lipinski definition) is 4. The molecule has 1 atom stereocenters. The summed E-state index contributed by atoms with van der Waals surface area (Å²) in [6.45, 7) is 3.52. The molecule has 1 aromatic carbocycles. The summed E-state index contributed by atoms with van der Waals surface area (Å²) in [6, 6.07) is 6.13. The van der Waals surface area contributed by atoms with Crippen LogP contribution in [0.3, 0.4) is 0 Å². The van der Waals surface area contributed by atoms with Crippen LogP contribution in [0.1, 0.15) is 12.5 Å². The molecule has 0 aliphatic rings. The van der Waals surface area contributed by atoms with Crippen molar-refractivity contribution in [1.82, 2.24) is 9.47 Å². The fourth-order valence-corrected chi connectivity index (χ4v) is 1.89. The van der Waals surface area contributed by atoms with Crippen LogP contribution < -0.4 is 11.5 Å². The lowest BCUT2D eigenvalue weighted by Gasteiger charge is -2.23. The molecule has 0 aliphatic heterocycles. The number of nitrogens with zero attached hydrogens (tertiary/aromatic N) is 2. The molecule has 98 valence electrons. The monoisotopic (exact) mass is 249 g/mol. The number of benzene rings is 1. The lowest BCUT2D eigenvalue weighted by Crippen LogP contribution is -2.34. The van der Waals surface area contributed by atoms with Gasteiger partial charge in [0.25, 0.3) is 0 Å². The van der Waals surface area contributed by atoms with Gasteiger partial charge in [0.2, 0.25) is 0 Å². The van der Waals surface area contributed by atoms with E-state index in [0.29, 0.717) is 18.2 Å². The maximum Gasteiger partial charge on any atom is 0.419 e. The number of oxazole rings is 1. The van der Waals surface area contributed by atoms with Gasteiger partial charge in [-0.3, -0.25) is 9.47 Å². The highest BCUT2D eigenvalue weighted by molar-refractivity contribution is 5.73. The zero-order valence-electron chi connectivity index (χ0n) is 11.0. The van der Waals surface area contributed by atoms with Gasteiger partial charge in [-0.1, -0.05) is 6.07 Å². The highest BCUT2D eigenvalue weighted by Gasteiger charge is 2.10. The van der Waals surface area contributed by atoms with Gasteiger partial charge in [0.05, 0.1) is 5.52 Å². The summed E-state index contributed by atoms with van der Waals surface area (Å²) >= 11 is 0. The van der Waals surface area contributed by atoms with Gasteiger partial charge in [0.15, 0.2) is 5.58 Å². The van der Waals surface area contributed by atoms with Gasteiger partial charge in [-0.15, -0.1) is 0 Å². The maximum absolute atomic E-state index is 11.4. The first-order chi connectivity index (χ1) is 8.52. The summed E-state index contributed by atoms with van der Waals surface area (Å²) < 4.78 is 6.62. The van der Waals surface area contributed by atoms with Crippen LogP contribution >= 0.6 is 0 Å². The van der Waals surface area contributed by atoms with Crippen LogP contribution in [0.5, 0.6) is 0 Å². The molecule has 18 heavy (non-hydrogen) atoms. The number of likely N-dealkylation sites (N-methyl/N-ethyl adjacent to an activating group) is 1. The van der Waals surface area contributed by atoms with Crippen molar-refractivity contribution in [3.63, 3.8) is 0 Å². The molecular weight excluding hydrogens is 230 g/mol. The highest BCUT2D eigenvalue weighted by Crippen LogP contribution is 2.15. The Morgan fingerprint density at radius 3 is 2.89 bits per heavy atom. The summed E-state index contributed by atoms with van der Waals surface area (Å²) in [5.41, 5.74) is 8.23. The molecule has 0 aliphatic carbocycles. The normalized spacial score (nSPS) is 13.4. The standard InChI is InChI=1S/C13H19N3O2/c1-9(7-14)15(2)8-10-4-5-12-11(6-10)16(3)13(17)18-12/h4-6,9H,7-8,14H2,1-3H3. The zero-order valence-corrected chi connectivity index (χ0v) is 11.0. The summed E-state index contributed by atoms with van der Waals surface area (Å²) in [5, 5.41) is 0. The molecule has 2 aromatic rings. The smallest absolute Gasteiger partial charge is 0.408 e. The van der Waals surface area contributed by atoms with Gasteiger partial charge in [0, 0.05) is 26.2 Å². The van der Waals surface area contributed by atoms with Gasteiger partial charge >= 0.3 is 5.76 Å². The van der Waals surface area contributed by atoms with Crippen LogP contribution in [0.25, 0.3) is 11.1 Å². The van der Waals surface area contributed by atoms with E-state index >= 15 is 0 Å². The Morgan fingerprint density at radius 1 is 1.50 bits per heavy atom.